The fraction of sp³-hybridized carbons (Fsp3) is 0.333. The van der Waals surface area contributed by atoms with Crippen LogP contribution in [-0.4, -0.2) is 0 Å². The summed E-state index contributed by atoms with van der Waals surface area (Å²) in [6, 6.07) is 11.8. The van der Waals surface area contributed by atoms with Crippen LogP contribution in [0.15, 0.2) is 36.4 Å². The van der Waals surface area contributed by atoms with Crippen LogP contribution < -0.4 is 5.73 Å². The van der Waals surface area contributed by atoms with E-state index in [4.69, 9.17) is 5.73 Å². The second-order valence-corrected chi connectivity index (χ2v) is 5.78. The molecule has 1 atom stereocenters. The Hall–Kier alpha value is -1.67. The molecular formula is C18H20FN. The minimum Gasteiger partial charge on any atom is -0.324 e. The van der Waals surface area contributed by atoms with Crippen molar-refractivity contribution < 1.29 is 4.39 Å². The lowest BCUT2D eigenvalue weighted by atomic mass is 9.96. The number of hydrogen-bond donors (Lipinski definition) is 1. The van der Waals surface area contributed by atoms with Crippen molar-refractivity contribution in [3.63, 3.8) is 0 Å². The smallest absolute Gasteiger partial charge is 0.126 e. The first kappa shape index (κ1) is 13.3. The van der Waals surface area contributed by atoms with Gasteiger partial charge in [-0.2, -0.15) is 0 Å². The molecular weight excluding hydrogens is 249 g/mol. The molecule has 3 rings (SSSR count). The van der Waals surface area contributed by atoms with Gasteiger partial charge in [0.15, 0.2) is 0 Å². The van der Waals surface area contributed by atoms with Gasteiger partial charge in [0, 0.05) is 6.04 Å². The molecule has 2 aromatic rings. The van der Waals surface area contributed by atoms with Gasteiger partial charge < -0.3 is 5.73 Å². The molecule has 2 heteroatoms. The predicted octanol–water partition coefficient (Wildman–Crippen LogP) is 3.87. The lowest BCUT2D eigenvalue weighted by Crippen LogP contribution is -2.14. The third-order valence-corrected chi connectivity index (χ3v) is 4.23. The van der Waals surface area contributed by atoms with Crippen molar-refractivity contribution in [2.24, 2.45) is 5.73 Å². The molecule has 2 N–H and O–H groups in total. The van der Waals surface area contributed by atoms with Crippen LogP contribution in [0.3, 0.4) is 0 Å². The van der Waals surface area contributed by atoms with Gasteiger partial charge in [-0.15, -0.1) is 0 Å². The Labute approximate surface area is 119 Å². The van der Waals surface area contributed by atoms with Gasteiger partial charge in [0.2, 0.25) is 0 Å². The van der Waals surface area contributed by atoms with Crippen molar-refractivity contribution in [2.75, 3.05) is 0 Å². The lowest BCUT2D eigenvalue weighted by Gasteiger charge is -2.14. The standard InChI is InChI=1S/C18H20FN/c1-12-9-16(7-8-17(12)19)18(20)11-13-5-6-14-3-2-4-15(14)10-13/h5-10,18H,2-4,11,20H2,1H3. The first-order chi connectivity index (χ1) is 9.63. The number of aryl methyl sites for hydroxylation is 3. The molecule has 0 spiro atoms. The van der Waals surface area contributed by atoms with E-state index in [2.05, 4.69) is 18.2 Å². The monoisotopic (exact) mass is 269 g/mol. The van der Waals surface area contributed by atoms with E-state index in [9.17, 15) is 4.39 Å². The fourth-order valence-corrected chi connectivity index (χ4v) is 3.02. The zero-order valence-corrected chi connectivity index (χ0v) is 11.8. The average Bonchev–Trinajstić information content (AvgIpc) is 2.89. The third kappa shape index (κ3) is 2.61. The summed E-state index contributed by atoms with van der Waals surface area (Å²) in [7, 11) is 0. The zero-order valence-electron chi connectivity index (χ0n) is 11.8. The Kier molecular flexibility index (Phi) is 3.58. The van der Waals surface area contributed by atoms with Crippen molar-refractivity contribution in [1.82, 2.24) is 0 Å². The van der Waals surface area contributed by atoms with Crippen LogP contribution in [0.1, 0.15) is 40.3 Å². The molecule has 0 saturated heterocycles. The van der Waals surface area contributed by atoms with Gasteiger partial charge in [-0.3, -0.25) is 0 Å². The first-order valence-electron chi connectivity index (χ1n) is 7.26. The third-order valence-electron chi connectivity index (χ3n) is 4.23. The summed E-state index contributed by atoms with van der Waals surface area (Å²) in [6.45, 7) is 1.78. The van der Waals surface area contributed by atoms with Crippen LogP contribution in [0.2, 0.25) is 0 Å². The topological polar surface area (TPSA) is 26.0 Å². The van der Waals surface area contributed by atoms with Crippen molar-refractivity contribution in [2.45, 2.75) is 38.6 Å². The summed E-state index contributed by atoms with van der Waals surface area (Å²) in [5.41, 5.74) is 12.2. The van der Waals surface area contributed by atoms with Gasteiger partial charge in [0.25, 0.3) is 0 Å². The minimum absolute atomic E-state index is 0.0752. The fourth-order valence-electron chi connectivity index (χ4n) is 3.02. The molecule has 0 aliphatic heterocycles. The van der Waals surface area contributed by atoms with Crippen molar-refractivity contribution >= 4 is 0 Å². The van der Waals surface area contributed by atoms with Gasteiger partial charge in [0.1, 0.15) is 5.82 Å². The van der Waals surface area contributed by atoms with Gasteiger partial charge in [-0.25, -0.2) is 4.39 Å². The van der Waals surface area contributed by atoms with E-state index in [1.807, 2.05) is 6.07 Å². The van der Waals surface area contributed by atoms with Gasteiger partial charge in [-0.1, -0.05) is 30.3 Å². The van der Waals surface area contributed by atoms with E-state index in [1.165, 1.54) is 42.0 Å². The molecule has 104 valence electrons. The maximum atomic E-state index is 13.3. The summed E-state index contributed by atoms with van der Waals surface area (Å²) in [5, 5.41) is 0. The average molecular weight is 269 g/mol. The number of benzene rings is 2. The first-order valence-corrected chi connectivity index (χ1v) is 7.26. The molecule has 20 heavy (non-hydrogen) atoms. The van der Waals surface area contributed by atoms with Crippen LogP contribution in [0, 0.1) is 12.7 Å². The van der Waals surface area contributed by atoms with Gasteiger partial charge >= 0.3 is 0 Å². The maximum absolute atomic E-state index is 13.3. The number of hydrogen-bond acceptors (Lipinski definition) is 1. The van der Waals surface area contributed by atoms with Crippen LogP contribution in [0.4, 0.5) is 4.39 Å². The van der Waals surface area contributed by atoms with E-state index in [0.29, 0.717) is 5.56 Å². The Bertz CT molecular complexity index is 633. The molecule has 1 unspecified atom stereocenters. The molecule has 0 radical (unpaired) electrons. The normalized spacial score (nSPS) is 15.2. The number of nitrogens with two attached hydrogens (primary N) is 1. The highest BCUT2D eigenvalue weighted by molar-refractivity contribution is 5.36. The molecule has 1 nitrogen and oxygen atoms in total. The largest absolute Gasteiger partial charge is 0.324 e. The summed E-state index contributed by atoms with van der Waals surface area (Å²) in [6.07, 6.45) is 4.47. The van der Waals surface area contributed by atoms with Crippen LogP contribution in [0.25, 0.3) is 0 Å². The highest BCUT2D eigenvalue weighted by Crippen LogP contribution is 2.25. The van der Waals surface area contributed by atoms with Crippen molar-refractivity contribution in [1.29, 1.82) is 0 Å². The van der Waals surface area contributed by atoms with Crippen LogP contribution in [0.5, 0.6) is 0 Å². The minimum atomic E-state index is -0.168. The van der Waals surface area contributed by atoms with Gasteiger partial charge in [-0.05, 0) is 66.5 Å². The zero-order chi connectivity index (χ0) is 14.1. The van der Waals surface area contributed by atoms with E-state index in [-0.39, 0.29) is 11.9 Å². The molecule has 1 aliphatic rings. The summed E-state index contributed by atoms with van der Waals surface area (Å²) in [4.78, 5) is 0. The second kappa shape index (κ2) is 5.37. The SMILES string of the molecule is Cc1cc(C(N)Cc2ccc3c(c2)CCC3)ccc1F. The summed E-state index contributed by atoms with van der Waals surface area (Å²) in [5.74, 6) is -0.168. The number of rotatable bonds is 3. The van der Waals surface area contributed by atoms with Crippen LogP contribution in [-0.2, 0) is 19.3 Å². The van der Waals surface area contributed by atoms with Crippen LogP contribution >= 0.6 is 0 Å². The quantitative estimate of drug-likeness (QED) is 0.899. The molecule has 0 amide bonds. The highest BCUT2D eigenvalue weighted by Gasteiger charge is 2.13. The lowest BCUT2D eigenvalue weighted by molar-refractivity contribution is 0.615. The molecule has 0 bridgehead atoms. The van der Waals surface area contributed by atoms with E-state index in [0.717, 1.165) is 12.0 Å². The number of halogens is 1. The molecule has 0 fully saturated rings. The molecule has 2 aromatic carbocycles. The molecule has 0 saturated carbocycles. The van der Waals surface area contributed by atoms with E-state index in [1.54, 1.807) is 13.0 Å². The Morgan fingerprint density at radius 1 is 1.10 bits per heavy atom. The maximum Gasteiger partial charge on any atom is 0.126 e. The second-order valence-electron chi connectivity index (χ2n) is 5.78. The highest BCUT2D eigenvalue weighted by atomic mass is 19.1. The van der Waals surface area contributed by atoms with E-state index >= 15 is 0 Å². The van der Waals surface area contributed by atoms with Crippen molar-refractivity contribution in [3.05, 3.63) is 70.0 Å². The molecule has 0 heterocycles. The van der Waals surface area contributed by atoms with E-state index < -0.39 is 0 Å². The summed E-state index contributed by atoms with van der Waals surface area (Å²) >= 11 is 0. The Morgan fingerprint density at radius 2 is 1.90 bits per heavy atom. The van der Waals surface area contributed by atoms with Crippen molar-refractivity contribution in [3.8, 4) is 0 Å². The number of fused-ring (bicyclic) bond motifs is 1. The molecule has 1 aliphatic carbocycles. The Morgan fingerprint density at radius 3 is 2.70 bits per heavy atom. The summed E-state index contributed by atoms with van der Waals surface area (Å²) < 4.78 is 13.3. The predicted molar refractivity (Wildman–Crippen MR) is 80.2 cm³/mol. The molecule has 0 aromatic heterocycles. The Balaban J connectivity index is 1.78. The van der Waals surface area contributed by atoms with Gasteiger partial charge in [0.05, 0.1) is 0 Å².